The van der Waals surface area contributed by atoms with Gasteiger partial charge in [-0.1, -0.05) is 6.07 Å². The molecule has 144 valence electrons. The van der Waals surface area contributed by atoms with Crippen molar-refractivity contribution in [3.05, 3.63) is 78.1 Å². The minimum atomic E-state index is -0.326. The van der Waals surface area contributed by atoms with E-state index in [4.69, 9.17) is 5.26 Å². The second-order valence-corrected chi connectivity index (χ2v) is 6.94. The molecule has 6 nitrogen and oxygen atoms in total. The second-order valence-electron chi connectivity index (χ2n) is 6.94. The van der Waals surface area contributed by atoms with E-state index in [-0.39, 0.29) is 5.91 Å². The molecular formula is C23H21N5O. The molecule has 1 saturated heterocycles. The normalized spacial score (nSPS) is 13.0. The van der Waals surface area contributed by atoms with Crippen LogP contribution >= 0.6 is 0 Å². The van der Waals surface area contributed by atoms with Crippen LogP contribution in [-0.2, 0) is 0 Å². The Morgan fingerprint density at radius 3 is 2.52 bits per heavy atom. The molecule has 6 heteroatoms. The highest BCUT2D eigenvalue weighted by Gasteiger charge is 2.12. The standard InChI is InChI=1S/C23H21N5O/c24-16-17-4-3-5-19(14-17)27-23(29)22-15-20(10-11-25-22)26-18-6-8-21(9-7-18)28-12-1-2-13-28/h3-11,14-15H,1-2,12-13H2,(H,25,26)(H,27,29). The molecule has 1 amide bonds. The highest BCUT2D eigenvalue weighted by molar-refractivity contribution is 6.03. The van der Waals surface area contributed by atoms with Crippen LogP contribution in [0.5, 0.6) is 0 Å². The summed E-state index contributed by atoms with van der Waals surface area (Å²) in [6, 6.07) is 20.7. The van der Waals surface area contributed by atoms with Crippen molar-refractivity contribution in [3.63, 3.8) is 0 Å². The molecule has 2 heterocycles. The van der Waals surface area contributed by atoms with Crippen molar-refractivity contribution in [3.8, 4) is 6.07 Å². The third kappa shape index (κ3) is 4.53. The lowest BCUT2D eigenvalue weighted by Crippen LogP contribution is -2.17. The number of nitriles is 1. The molecule has 0 atom stereocenters. The van der Waals surface area contributed by atoms with Gasteiger partial charge in [0.1, 0.15) is 5.69 Å². The topological polar surface area (TPSA) is 81.0 Å². The number of amides is 1. The van der Waals surface area contributed by atoms with Gasteiger partial charge in [0.15, 0.2) is 0 Å². The Morgan fingerprint density at radius 2 is 1.76 bits per heavy atom. The van der Waals surface area contributed by atoms with Gasteiger partial charge >= 0.3 is 0 Å². The zero-order valence-corrected chi connectivity index (χ0v) is 15.9. The average molecular weight is 383 g/mol. The first kappa shape index (κ1) is 18.5. The summed E-state index contributed by atoms with van der Waals surface area (Å²) >= 11 is 0. The predicted molar refractivity (Wildman–Crippen MR) is 115 cm³/mol. The molecule has 1 aliphatic heterocycles. The first-order valence-electron chi connectivity index (χ1n) is 9.61. The SMILES string of the molecule is N#Cc1cccc(NC(=O)c2cc(Nc3ccc(N4CCCC4)cc3)ccn2)c1. The number of hydrogen-bond acceptors (Lipinski definition) is 5. The van der Waals surface area contributed by atoms with E-state index in [0.717, 1.165) is 24.5 Å². The molecule has 0 bridgehead atoms. The number of anilines is 4. The van der Waals surface area contributed by atoms with Crippen molar-refractivity contribution in [1.82, 2.24) is 4.98 Å². The van der Waals surface area contributed by atoms with Crippen LogP contribution in [0.4, 0.5) is 22.7 Å². The average Bonchev–Trinajstić information content (AvgIpc) is 3.29. The molecule has 0 radical (unpaired) electrons. The van der Waals surface area contributed by atoms with Gasteiger partial charge < -0.3 is 15.5 Å². The number of nitrogens with one attached hydrogen (secondary N) is 2. The number of rotatable bonds is 5. The van der Waals surface area contributed by atoms with Gasteiger partial charge in [-0.05, 0) is 67.4 Å². The van der Waals surface area contributed by atoms with Gasteiger partial charge in [0.05, 0.1) is 11.6 Å². The van der Waals surface area contributed by atoms with E-state index in [2.05, 4.69) is 38.7 Å². The van der Waals surface area contributed by atoms with E-state index in [0.29, 0.717) is 16.9 Å². The maximum absolute atomic E-state index is 12.5. The Bertz CT molecular complexity index is 1050. The molecule has 1 aromatic heterocycles. The summed E-state index contributed by atoms with van der Waals surface area (Å²) in [5.74, 6) is -0.326. The van der Waals surface area contributed by atoms with Crippen LogP contribution < -0.4 is 15.5 Å². The van der Waals surface area contributed by atoms with Gasteiger partial charge in [-0.3, -0.25) is 9.78 Å². The van der Waals surface area contributed by atoms with Gasteiger partial charge in [0, 0.05) is 42.0 Å². The highest BCUT2D eigenvalue weighted by Crippen LogP contribution is 2.24. The number of benzene rings is 2. The molecule has 3 aromatic rings. The number of carbonyl (C=O) groups is 1. The molecule has 1 aliphatic rings. The maximum Gasteiger partial charge on any atom is 0.274 e. The van der Waals surface area contributed by atoms with Gasteiger partial charge in [0.25, 0.3) is 5.91 Å². The van der Waals surface area contributed by atoms with Crippen LogP contribution in [0.25, 0.3) is 0 Å². The third-order valence-corrected chi connectivity index (χ3v) is 4.87. The molecule has 4 rings (SSSR count). The van der Waals surface area contributed by atoms with E-state index in [1.807, 2.05) is 18.2 Å². The molecule has 1 fully saturated rings. The van der Waals surface area contributed by atoms with Crippen molar-refractivity contribution in [2.24, 2.45) is 0 Å². The first-order chi connectivity index (χ1) is 14.2. The van der Waals surface area contributed by atoms with Gasteiger partial charge in [-0.2, -0.15) is 5.26 Å². The lowest BCUT2D eigenvalue weighted by Gasteiger charge is -2.18. The largest absolute Gasteiger partial charge is 0.372 e. The Morgan fingerprint density at radius 1 is 0.966 bits per heavy atom. The van der Waals surface area contributed by atoms with Crippen LogP contribution in [0, 0.1) is 11.3 Å². The Labute approximate surface area is 169 Å². The van der Waals surface area contributed by atoms with Crippen LogP contribution in [-0.4, -0.2) is 24.0 Å². The predicted octanol–water partition coefficient (Wildman–Crippen LogP) is 4.55. The van der Waals surface area contributed by atoms with Crippen molar-refractivity contribution >= 4 is 28.7 Å². The molecule has 0 aliphatic carbocycles. The van der Waals surface area contributed by atoms with E-state index in [1.165, 1.54) is 18.5 Å². The molecule has 0 spiro atoms. The van der Waals surface area contributed by atoms with Crippen molar-refractivity contribution < 1.29 is 4.79 Å². The Balaban J connectivity index is 1.44. The lowest BCUT2D eigenvalue weighted by atomic mass is 10.2. The van der Waals surface area contributed by atoms with Crippen LogP contribution in [0.1, 0.15) is 28.9 Å². The molecule has 2 N–H and O–H groups in total. The smallest absolute Gasteiger partial charge is 0.274 e. The minimum absolute atomic E-state index is 0.297. The lowest BCUT2D eigenvalue weighted by molar-refractivity contribution is 0.102. The molecule has 0 unspecified atom stereocenters. The summed E-state index contributed by atoms with van der Waals surface area (Å²) < 4.78 is 0. The summed E-state index contributed by atoms with van der Waals surface area (Å²) in [6.45, 7) is 2.24. The second kappa shape index (κ2) is 8.44. The summed E-state index contributed by atoms with van der Waals surface area (Å²) in [4.78, 5) is 19.1. The number of hydrogen-bond donors (Lipinski definition) is 2. The van der Waals surface area contributed by atoms with Crippen LogP contribution in [0.2, 0.25) is 0 Å². The monoisotopic (exact) mass is 383 g/mol. The van der Waals surface area contributed by atoms with E-state index >= 15 is 0 Å². The van der Waals surface area contributed by atoms with Crippen LogP contribution in [0.15, 0.2) is 66.9 Å². The fourth-order valence-electron chi connectivity index (χ4n) is 3.39. The van der Waals surface area contributed by atoms with Gasteiger partial charge in [0.2, 0.25) is 0 Å². The first-order valence-corrected chi connectivity index (χ1v) is 9.61. The summed E-state index contributed by atoms with van der Waals surface area (Å²) in [5.41, 5.74) is 4.32. The molecule has 29 heavy (non-hydrogen) atoms. The number of aromatic nitrogens is 1. The fraction of sp³-hybridized carbons (Fsp3) is 0.174. The number of carbonyl (C=O) groups excluding carboxylic acids is 1. The van der Waals surface area contributed by atoms with E-state index in [1.54, 1.807) is 36.5 Å². The number of nitrogens with zero attached hydrogens (tertiary/aromatic N) is 3. The summed E-state index contributed by atoms with van der Waals surface area (Å²) in [6.07, 6.45) is 4.10. The van der Waals surface area contributed by atoms with E-state index < -0.39 is 0 Å². The summed E-state index contributed by atoms with van der Waals surface area (Å²) in [7, 11) is 0. The third-order valence-electron chi connectivity index (χ3n) is 4.87. The van der Waals surface area contributed by atoms with Crippen LogP contribution in [0.3, 0.4) is 0 Å². The minimum Gasteiger partial charge on any atom is -0.372 e. The zero-order valence-electron chi connectivity index (χ0n) is 15.9. The van der Waals surface area contributed by atoms with E-state index in [9.17, 15) is 4.79 Å². The Hall–Kier alpha value is -3.85. The zero-order chi connectivity index (χ0) is 20.1. The van der Waals surface area contributed by atoms with Crippen molar-refractivity contribution in [2.75, 3.05) is 28.6 Å². The fourth-order valence-corrected chi connectivity index (χ4v) is 3.39. The number of pyridine rings is 1. The van der Waals surface area contributed by atoms with Crippen molar-refractivity contribution in [1.29, 1.82) is 5.26 Å². The summed E-state index contributed by atoms with van der Waals surface area (Å²) in [5, 5.41) is 15.1. The van der Waals surface area contributed by atoms with Gasteiger partial charge in [-0.15, -0.1) is 0 Å². The maximum atomic E-state index is 12.5. The molecule has 2 aromatic carbocycles. The quantitative estimate of drug-likeness (QED) is 0.676. The van der Waals surface area contributed by atoms with Crippen molar-refractivity contribution in [2.45, 2.75) is 12.8 Å². The highest BCUT2D eigenvalue weighted by atomic mass is 16.1. The Kier molecular flexibility index (Phi) is 5.39. The molecule has 0 saturated carbocycles. The molecular weight excluding hydrogens is 362 g/mol. The van der Waals surface area contributed by atoms with Gasteiger partial charge in [-0.25, -0.2) is 0 Å².